The van der Waals surface area contributed by atoms with Gasteiger partial charge in [0.15, 0.2) is 5.72 Å². The number of nitrogens with one attached hydrogen (secondary N) is 1. The van der Waals surface area contributed by atoms with Gasteiger partial charge in [0.25, 0.3) is 5.56 Å². The monoisotopic (exact) mass is 380 g/mol. The van der Waals surface area contributed by atoms with Crippen LogP contribution in [0.4, 0.5) is 0 Å². The number of aliphatic hydroxyl groups excluding tert-OH is 2. The summed E-state index contributed by atoms with van der Waals surface area (Å²) in [6.07, 6.45) is 1.36. The van der Waals surface area contributed by atoms with Crippen molar-refractivity contribution in [3.8, 4) is 0 Å². The zero-order valence-electron chi connectivity index (χ0n) is 9.82. The molecule has 3 atom stereocenters. The average molecular weight is 380 g/mol. The molecule has 1 aromatic heterocycles. The number of aromatic amines is 1. The highest BCUT2D eigenvalue weighted by Gasteiger charge is 2.46. The molecule has 2 rings (SSSR count). The minimum atomic E-state index is -1.20. The Balaban J connectivity index is 2.52. The van der Waals surface area contributed by atoms with Crippen molar-refractivity contribution < 1.29 is 14.9 Å². The second kappa shape index (κ2) is 5.57. The van der Waals surface area contributed by atoms with E-state index in [9.17, 15) is 14.7 Å². The van der Waals surface area contributed by atoms with Crippen LogP contribution in [0, 0.1) is 0 Å². The molecule has 1 fully saturated rings. The SMILES string of the molecule is O=c1ccn([C@@]2(C=CI)C[C@H](O)[C@@H](CO)O2)c(=O)[nH]1. The Kier molecular flexibility index (Phi) is 4.23. The van der Waals surface area contributed by atoms with Crippen molar-refractivity contribution in [3.63, 3.8) is 0 Å². The Morgan fingerprint density at radius 1 is 1.63 bits per heavy atom. The lowest BCUT2D eigenvalue weighted by Crippen LogP contribution is -2.42. The molecule has 0 bridgehead atoms. The highest BCUT2D eigenvalue weighted by molar-refractivity contribution is 14.1. The van der Waals surface area contributed by atoms with Gasteiger partial charge in [-0.05, 0) is 10.2 Å². The molecule has 0 spiro atoms. The van der Waals surface area contributed by atoms with Crippen LogP contribution in [-0.4, -0.2) is 38.6 Å². The summed E-state index contributed by atoms with van der Waals surface area (Å²) in [5.74, 6) is 0. The molecule has 2 heterocycles. The smallest absolute Gasteiger partial charge is 0.330 e. The van der Waals surface area contributed by atoms with Crippen LogP contribution < -0.4 is 11.2 Å². The summed E-state index contributed by atoms with van der Waals surface area (Å²) in [5.41, 5.74) is -2.34. The standard InChI is InChI=1S/C11H13IN2O5/c12-3-2-11(5-7(16)8(6-15)19-11)14-4-1-9(17)13-10(14)18/h1-4,7-8,15-16H,5-6H2,(H,13,17,18)/t7-,8+,11+/m0/s1. The largest absolute Gasteiger partial charge is 0.394 e. The Labute approximate surface area is 121 Å². The van der Waals surface area contributed by atoms with E-state index in [0.717, 1.165) is 0 Å². The Morgan fingerprint density at radius 2 is 2.37 bits per heavy atom. The Bertz CT molecular complexity index is 595. The maximum absolute atomic E-state index is 11.9. The molecule has 1 aliphatic rings. The molecule has 3 N–H and O–H groups in total. The maximum atomic E-state index is 11.9. The number of hydrogen-bond acceptors (Lipinski definition) is 5. The number of halogens is 1. The predicted molar refractivity (Wildman–Crippen MR) is 75.0 cm³/mol. The zero-order valence-corrected chi connectivity index (χ0v) is 12.0. The first-order valence-electron chi connectivity index (χ1n) is 5.59. The van der Waals surface area contributed by atoms with Gasteiger partial charge in [-0.1, -0.05) is 22.6 Å². The normalized spacial score (nSPS) is 31.1. The lowest BCUT2D eigenvalue weighted by atomic mass is 10.1. The fourth-order valence-electron chi connectivity index (χ4n) is 2.14. The fraction of sp³-hybridized carbons (Fsp3) is 0.455. The second-order valence-corrected chi connectivity index (χ2v) is 4.95. The van der Waals surface area contributed by atoms with Gasteiger partial charge in [0.05, 0.1) is 12.7 Å². The molecular formula is C11H13IN2O5. The topological polar surface area (TPSA) is 105 Å². The van der Waals surface area contributed by atoms with Crippen LogP contribution in [0.1, 0.15) is 6.42 Å². The van der Waals surface area contributed by atoms with Crippen LogP contribution >= 0.6 is 22.6 Å². The molecule has 0 aliphatic carbocycles. The number of nitrogens with zero attached hydrogens (tertiary/aromatic N) is 1. The summed E-state index contributed by atoms with van der Waals surface area (Å²) in [5, 5.41) is 19.0. The molecule has 0 unspecified atom stereocenters. The van der Waals surface area contributed by atoms with Crippen LogP contribution in [0.3, 0.4) is 0 Å². The zero-order chi connectivity index (χ0) is 14.0. The van der Waals surface area contributed by atoms with E-state index in [4.69, 9.17) is 9.84 Å². The van der Waals surface area contributed by atoms with Crippen LogP contribution in [0.5, 0.6) is 0 Å². The van der Waals surface area contributed by atoms with E-state index in [1.165, 1.54) is 16.8 Å². The molecular weight excluding hydrogens is 367 g/mol. The van der Waals surface area contributed by atoms with Crippen LogP contribution in [-0.2, 0) is 10.5 Å². The van der Waals surface area contributed by atoms with Crippen molar-refractivity contribution in [2.75, 3.05) is 6.61 Å². The summed E-state index contributed by atoms with van der Waals surface area (Å²) in [7, 11) is 0. The van der Waals surface area contributed by atoms with Crippen molar-refractivity contribution in [1.82, 2.24) is 9.55 Å². The van der Waals surface area contributed by atoms with Gasteiger partial charge < -0.3 is 14.9 Å². The number of hydrogen-bond donors (Lipinski definition) is 3. The lowest BCUT2D eigenvalue weighted by molar-refractivity contribution is -0.0892. The summed E-state index contributed by atoms with van der Waals surface area (Å²) < 4.78 is 8.46. The van der Waals surface area contributed by atoms with Gasteiger partial charge in [-0.2, -0.15) is 0 Å². The first-order valence-corrected chi connectivity index (χ1v) is 6.84. The number of aromatic nitrogens is 2. The third-order valence-electron chi connectivity index (χ3n) is 3.02. The highest BCUT2D eigenvalue weighted by atomic mass is 127. The van der Waals surface area contributed by atoms with E-state index in [-0.39, 0.29) is 13.0 Å². The van der Waals surface area contributed by atoms with E-state index in [1.807, 2.05) is 22.6 Å². The number of H-pyrrole nitrogens is 1. The molecule has 8 heteroatoms. The molecule has 0 saturated carbocycles. The third kappa shape index (κ3) is 2.66. The molecule has 1 aliphatic heterocycles. The quantitative estimate of drug-likeness (QED) is 0.601. The third-order valence-corrected chi connectivity index (χ3v) is 3.38. The van der Waals surface area contributed by atoms with Gasteiger partial charge in [-0.25, -0.2) is 4.79 Å². The maximum Gasteiger partial charge on any atom is 0.330 e. The predicted octanol–water partition coefficient (Wildman–Crippen LogP) is -0.720. The fourth-order valence-corrected chi connectivity index (χ4v) is 2.70. The van der Waals surface area contributed by atoms with E-state index < -0.39 is 29.2 Å². The summed E-state index contributed by atoms with van der Waals surface area (Å²) in [6.45, 7) is -0.351. The molecule has 0 radical (unpaired) electrons. The first kappa shape index (κ1) is 14.4. The Hall–Kier alpha value is -0.970. The van der Waals surface area contributed by atoms with Crippen molar-refractivity contribution >= 4 is 22.6 Å². The van der Waals surface area contributed by atoms with Crippen molar-refractivity contribution in [2.45, 2.75) is 24.4 Å². The van der Waals surface area contributed by atoms with Crippen LogP contribution in [0.25, 0.3) is 0 Å². The number of ether oxygens (including phenoxy) is 1. The molecule has 1 aromatic rings. The van der Waals surface area contributed by atoms with E-state index in [0.29, 0.717) is 0 Å². The number of rotatable bonds is 3. The first-order chi connectivity index (χ1) is 9.02. The summed E-state index contributed by atoms with van der Waals surface area (Å²) >= 11 is 1.97. The van der Waals surface area contributed by atoms with Gasteiger partial charge in [0, 0.05) is 18.7 Å². The van der Waals surface area contributed by atoms with E-state index in [2.05, 4.69) is 4.98 Å². The lowest BCUT2D eigenvalue weighted by Gasteiger charge is -2.27. The van der Waals surface area contributed by atoms with Crippen LogP contribution in [0.15, 0.2) is 32.0 Å². The van der Waals surface area contributed by atoms with E-state index >= 15 is 0 Å². The average Bonchev–Trinajstić information content (AvgIpc) is 2.66. The second-order valence-electron chi connectivity index (χ2n) is 4.23. The van der Waals surface area contributed by atoms with Crippen molar-refractivity contribution in [2.24, 2.45) is 0 Å². The molecule has 104 valence electrons. The van der Waals surface area contributed by atoms with Gasteiger partial charge in [-0.15, -0.1) is 0 Å². The molecule has 7 nitrogen and oxygen atoms in total. The van der Waals surface area contributed by atoms with Gasteiger partial charge >= 0.3 is 5.69 Å². The summed E-state index contributed by atoms with van der Waals surface area (Å²) in [6, 6.07) is 1.20. The van der Waals surface area contributed by atoms with Gasteiger partial charge in [0.2, 0.25) is 0 Å². The Morgan fingerprint density at radius 3 is 2.89 bits per heavy atom. The van der Waals surface area contributed by atoms with Gasteiger partial charge in [-0.3, -0.25) is 14.3 Å². The molecule has 0 aromatic carbocycles. The van der Waals surface area contributed by atoms with Gasteiger partial charge in [0.1, 0.15) is 6.10 Å². The molecule has 19 heavy (non-hydrogen) atoms. The molecule has 1 saturated heterocycles. The number of aliphatic hydroxyl groups is 2. The minimum Gasteiger partial charge on any atom is -0.394 e. The molecule has 0 amide bonds. The highest BCUT2D eigenvalue weighted by Crippen LogP contribution is 2.35. The minimum absolute atomic E-state index is 0.115. The van der Waals surface area contributed by atoms with Crippen molar-refractivity contribution in [3.05, 3.63) is 43.3 Å². The van der Waals surface area contributed by atoms with Crippen LogP contribution in [0.2, 0.25) is 0 Å². The summed E-state index contributed by atoms with van der Waals surface area (Å²) in [4.78, 5) is 25.1. The van der Waals surface area contributed by atoms with Crippen molar-refractivity contribution in [1.29, 1.82) is 0 Å². The van der Waals surface area contributed by atoms with E-state index in [1.54, 1.807) is 10.2 Å².